The molecule has 0 bridgehead atoms. The molecule has 10 nitrogen and oxygen atoms in total. The van der Waals surface area contributed by atoms with Gasteiger partial charge < -0.3 is 10.1 Å². The fourth-order valence-electron chi connectivity index (χ4n) is 3.60. The molecule has 1 N–H and O–H groups in total. The minimum absolute atomic E-state index is 0.0155. The Morgan fingerprint density at radius 2 is 1.77 bits per heavy atom. The summed E-state index contributed by atoms with van der Waals surface area (Å²) in [6, 6.07) is 2.32. The van der Waals surface area contributed by atoms with Gasteiger partial charge in [0.1, 0.15) is 6.04 Å². The van der Waals surface area contributed by atoms with E-state index in [9.17, 15) is 29.3 Å². The first-order chi connectivity index (χ1) is 14.6. The first kappa shape index (κ1) is 22.4. The van der Waals surface area contributed by atoms with Crippen molar-refractivity contribution in [2.75, 3.05) is 5.32 Å². The van der Waals surface area contributed by atoms with Crippen LogP contribution in [0.5, 0.6) is 0 Å². The number of halogens is 1. The Hall–Kier alpha value is -3.27. The second kappa shape index (κ2) is 8.84. The van der Waals surface area contributed by atoms with E-state index in [0.29, 0.717) is 12.8 Å². The molecule has 1 aliphatic heterocycles. The molecule has 0 spiro atoms. The van der Waals surface area contributed by atoms with Crippen LogP contribution in [0.1, 0.15) is 26.7 Å². The van der Waals surface area contributed by atoms with Gasteiger partial charge in [0.05, 0.1) is 27.5 Å². The normalized spacial score (nSPS) is 22.0. The van der Waals surface area contributed by atoms with Crippen LogP contribution in [-0.2, 0) is 23.9 Å². The molecule has 0 saturated carbocycles. The number of hydrogen-bond donors (Lipinski definition) is 1. The predicted octanol–water partition coefficient (Wildman–Crippen LogP) is 2.46. The highest BCUT2D eigenvalue weighted by atomic mass is 35.5. The van der Waals surface area contributed by atoms with Crippen molar-refractivity contribution in [3.05, 3.63) is 45.5 Å². The molecule has 4 atom stereocenters. The Kier molecular flexibility index (Phi) is 6.40. The third kappa shape index (κ3) is 4.43. The number of imide groups is 1. The summed E-state index contributed by atoms with van der Waals surface area (Å²) in [6.45, 7) is 2.66. The lowest BCUT2D eigenvalue weighted by Gasteiger charge is -2.23. The summed E-state index contributed by atoms with van der Waals surface area (Å²) >= 11 is 5.95. The van der Waals surface area contributed by atoms with Gasteiger partial charge in [0.2, 0.25) is 11.8 Å². The minimum Gasteiger partial charge on any atom is -0.451 e. The number of ether oxygens (including phenoxy) is 1. The lowest BCUT2D eigenvalue weighted by molar-refractivity contribution is -0.384. The van der Waals surface area contributed by atoms with E-state index in [-0.39, 0.29) is 16.4 Å². The fraction of sp³-hybridized carbons (Fsp3) is 0.400. The number of esters is 1. The van der Waals surface area contributed by atoms with E-state index in [1.165, 1.54) is 26.0 Å². The van der Waals surface area contributed by atoms with E-state index < -0.39 is 52.6 Å². The van der Waals surface area contributed by atoms with Gasteiger partial charge in [-0.3, -0.25) is 29.4 Å². The lowest BCUT2D eigenvalue weighted by atomic mass is 9.85. The zero-order valence-corrected chi connectivity index (χ0v) is 17.5. The van der Waals surface area contributed by atoms with Crippen LogP contribution in [0.2, 0.25) is 5.02 Å². The van der Waals surface area contributed by atoms with E-state index in [1.807, 2.05) is 12.2 Å². The van der Waals surface area contributed by atoms with Crippen molar-refractivity contribution in [3.63, 3.8) is 0 Å². The number of likely N-dealkylation sites (tertiary alicyclic amines) is 1. The Bertz CT molecular complexity index is 967. The summed E-state index contributed by atoms with van der Waals surface area (Å²) in [4.78, 5) is 61.3. The highest BCUT2D eigenvalue weighted by Crippen LogP contribution is 2.36. The van der Waals surface area contributed by atoms with Crippen LogP contribution in [0.15, 0.2) is 30.4 Å². The molecule has 3 amide bonds. The molecule has 11 heteroatoms. The van der Waals surface area contributed by atoms with Crippen LogP contribution in [-0.4, -0.2) is 45.7 Å². The molecule has 3 rings (SSSR count). The number of non-ortho nitro benzene ring substituents is 1. The average Bonchev–Trinajstić information content (AvgIpc) is 2.99. The van der Waals surface area contributed by atoms with Crippen molar-refractivity contribution in [2.45, 2.75) is 38.8 Å². The van der Waals surface area contributed by atoms with Crippen LogP contribution in [0.25, 0.3) is 0 Å². The Morgan fingerprint density at radius 1 is 1.19 bits per heavy atom. The lowest BCUT2D eigenvalue weighted by Crippen LogP contribution is -2.46. The van der Waals surface area contributed by atoms with Crippen molar-refractivity contribution in [1.82, 2.24) is 4.90 Å². The van der Waals surface area contributed by atoms with E-state index in [1.54, 1.807) is 0 Å². The first-order valence-corrected chi connectivity index (χ1v) is 9.96. The molecule has 164 valence electrons. The van der Waals surface area contributed by atoms with Crippen molar-refractivity contribution in [2.24, 2.45) is 11.8 Å². The van der Waals surface area contributed by atoms with Gasteiger partial charge in [-0.05, 0) is 32.8 Å². The molecule has 1 heterocycles. The van der Waals surface area contributed by atoms with E-state index in [2.05, 4.69) is 5.32 Å². The number of hydrogen-bond acceptors (Lipinski definition) is 7. The van der Waals surface area contributed by atoms with Crippen LogP contribution >= 0.6 is 11.6 Å². The maximum Gasteiger partial charge on any atom is 0.329 e. The second-order valence-corrected chi connectivity index (χ2v) is 7.78. The zero-order chi connectivity index (χ0) is 22.9. The number of benzene rings is 1. The summed E-state index contributed by atoms with van der Waals surface area (Å²) in [6.07, 6.45) is 3.25. The predicted molar refractivity (Wildman–Crippen MR) is 109 cm³/mol. The van der Waals surface area contributed by atoms with Crippen molar-refractivity contribution in [3.8, 4) is 0 Å². The van der Waals surface area contributed by atoms with Crippen LogP contribution < -0.4 is 5.32 Å². The minimum atomic E-state index is -1.30. The smallest absolute Gasteiger partial charge is 0.329 e. The number of nitro benzene ring substituents is 1. The van der Waals surface area contributed by atoms with Gasteiger partial charge in [-0.15, -0.1) is 0 Å². The van der Waals surface area contributed by atoms with Crippen molar-refractivity contribution >= 4 is 46.7 Å². The van der Waals surface area contributed by atoms with Crippen LogP contribution in [0.3, 0.4) is 0 Å². The average molecular weight is 450 g/mol. The van der Waals surface area contributed by atoms with E-state index in [0.717, 1.165) is 11.0 Å². The number of nitrogens with zero attached hydrogens (tertiary/aromatic N) is 2. The molecule has 1 aliphatic carbocycles. The van der Waals surface area contributed by atoms with Gasteiger partial charge in [0.25, 0.3) is 11.6 Å². The number of amides is 3. The number of fused-ring (bicyclic) bond motifs is 1. The quantitative estimate of drug-likeness (QED) is 0.231. The molecule has 2 aliphatic rings. The number of rotatable bonds is 6. The third-order valence-electron chi connectivity index (χ3n) is 5.35. The Balaban J connectivity index is 1.64. The summed E-state index contributed by atoms with van der Waals surface area (Å²) in [5, 5.41) is 13.3. The largest absolute Gasteiger partial charge is 0.451 e. The standard InChI is InChI=1S/C20H20ClN3O7/c1-10(23-18(26)13-5-3-4-6-14(13)19(23)27)20(28)31-11(2)17(25)22-16-9-12(24(29)30)7-8-15(16)21/h3-4,7-11,13-14H,5-6H2,1-2H3,(H,22,25)/t10-,11+,13-,14+/m1/s1. The van der Waals surface area contributed by atoms with Gasteiger partial charge in [0, 0.05) is 12.1 Å². The third-order valence-corrected chi connectivity index (χ3v) is 5.68. The number of anilines is 1. The number of nitro groups is 1. The molecule has 1 aromatic rings. The van der Waals surface area contributed by atoms with Gasteiger partial charge in [-0.25, -0.2) is 4.79 Å². The molecule has 0 radical (unpaired) electrons. The molecule has 1 saturated heterocycles. The topological polar surface area (TPSA) is 136 Å². The van der Waals surface area contributed by atoms with Crippen LogP contribution in [0, 0.1) is 22.0 Å². The summed E-state index contributed by atoms with van der Waals surface area (Å²) in [5.74, 6) is -3.51. The van der Waals surface area contributed by atoms with Crippen molar-refractivity contribution in [1.29, 1.82) is 0 Å². The van der Waals surface area contributed by atoms with E-state index >= 15 is 0 Å². The molecular weight excluding hydrogens is 430 g/mol. The summed E-state index contributed by atoms with van der Waals surface area (Å²) in [7, 11) is 0. The number of allylic oxidation sites excluding steroid dienone is 2. The van der Waals surface area contributed by atoms with Crippen molar-refractivity contribution < 1.29 is 28.8 Å². The van der Waals surface area contributed by atoms with Gasteiger partial charge in [-0.2, -0.15) is 0 Å². The van der Waals surface area contributed by atoms with Crippen LogP contribution in [0.4, 0.5) is 11.4 Å². The highest BCUT2D eigenvalue weighted by molar-refractivity contribution is 6.33. The summed E-state index contributed by atoms with van der Waals surface area (Å²) in [5.41, 5.74) is -0.293. The maximum absolute atomic E-state index is 12.6. The van der Waals surface area contributed by atoms with Gasteiger partial charge >= 0.3 is 5.97 Å². The summed E-state index contributed by atoms with van der Waals surface area (Å²) < 4.78 is 5.14. The maximum atomic E-state index is 12.6. The Morgan fingerprint density at radius 3 is 2.32 bits per heavy atom. The number of nitrogens with one attached hydrogen (secondary N) is 1. The second-order valence-electron chi connectivity index (χ2n) is 7.37. The number of carbonyl (C=O) groups excluding carboxylic acids is 4. The molecule has 1 aromatic carbocycles. The molecular formula is C20H20ClN3O7. The molecule has 1 fully saturated rings. The zero-order valence-electron chi connectivity index (χ0n) is 16.7. The first-order valence-electron chi connectivity index (χ1n) is 9.59. The fourth-order valence-corrected chi connectivity index (χ4v) is 3.76. The molecule has 31 heavy (non-hydrogen) atoms. The van der Waals surface area contributed by atoms with Gasteiger partial charge in [-0.1, -0.05) is 23.8 Å². The SMILES string of the molecule is C[C@H](OC(=O)[C@@H](C)N1C(=O)[C@H]2CC=CC[C@H]2C1=O)C(=O)Nc1cc([N+](=O)[O-])ccc1Cl. The highest BCUT2D eigenvalue weighted by Gasteiger charge is 2.50. The monoisotopic (exact) mass is 449 g/mol. The van der Waals surface area contributed by atoms with Gasteiger partial charge in [0.15, 0.2) is 6.10 Å². The molecule has 0 unspecified atom stereocenters. The Labute approximate surface area is 182 Å². The van der Waals surface area contributed by atoms with E-state index in [4.69, 9.17) is 16.3 Å². The number of carbonyl (C=O) groups is 4. The molecule has 0 aromatic heterocycles.